The van der Waals surface area contributed by atoms with E-state index in [0.29, 0.717) is 0 Å². The molecule has 3 heteroatoms. The summed E-state index contributed by atoms with van der Waals surface area (Å²) in [6, 6.07) is 13.8. The summed E-state index contributed by atoms with van der Waals surface area (Å²) >= 11 is 0. The van der Waals surface area contributed by atoms with Crippen LogP contribution in [-0.4, -0.2) is 11.4 Å². The van der Waals surface area contributed by atoms with Gasteiger partial charge in [-0.2, -0.15) is 0 Å². The maximum absolute atomic E-state index is 5.41. The molecule has 0 aliphatic rings. The van der Waals surface area contributed by atoms with Crippen molar-refractivity contribution in [2.45, 2.75) is 253 Å². The quantitative estimate of drug-likeness (QED) is 0.0286. The molecule has 0 saturated heterocycles. The van der Waals surface area contributed by atoms with E-state index in [0.717, 1.165) is 93.4 Å². The van der Waals surface area contributed by atoms with Crippen LogP contribution in [0.1, 0.15) is 250 Å². The zero-order valence-electron chi connectivity index (χ0n) is 39.0. The number of benzene rings is 2. The first-order valence-electron chi connectivity index (χ1n) is 25.0. The number of aryl methyl sites for hydroxylation is 4. The van der Waals surface area contributed by atoms with Gasteiger partial charge >= 0.3 is 0 Å². The minimum atomic E-state index is 0. The minimum Gasteiger partial charge on any atom is -0.251 e. The van der Waals surface area contributed by atoms with E-state index in [9.17, 15) is 0 Å². The summed E-state index contributed by atoms with van der Waals surface area (Å²) in [7, 11) is 0. The standard InChI is InChI=1S/C55H90N2.Ni/c1-7-13-15-17-18-19-20-21-22-23-24-25-26-27-28-29-30-31-32-33-35-41-55(57-53-45-43-49(37-10-4)51(47-53)39-12-6)54(40-34-16-14-8-2)56-52-44-42-48(36-9-3)50(46-52)38-11-5;/h42-47H,7-33,35-39,41H2,1-6H3;. The van der Waals surface area contributed by atoms with E-state index in [1.165, 1.54) is 164 Å². The topological polar surface area (TPSA) is 24.7 Å². The minimum absolute atomic E-state index is 0. The first kappa shape index (κ1) is 53.9. The number of hydrogen-bond donors (Lipinski definition) is 0. The maximum Gasteiger partial charge on any atom is 0.135 e. The Morgan fingerprint density at radius 2 is 0.759 bits per heavy atom. The third-order valence-corrected chi connectivity index (χ3v) is 11.6. The Morgan fingerprint density at radius 1 is 0.397 bits per heavy atom. The van der Waals surface area contributed by atoms with Crippen molar-refractivity contribution in [1.29, 1.82) is 0 Å². The summed E-state index contributed by atoms with van der Waals surface area (Å²) in [6.07, 6.45) is 42.7. The Balaban J connectivity index is 0.0000168. The first-order valence-corrected chi connectivity index (χ1v) is 25.0. The van der Waals surface area contributed by atoms with Gasteiger partial charge in [0.15, 0.2) is 0 Å². The third-order valence-electron chi connectivity index (χ3n) is 11.6. The molecule has 0 unspecified atom stereocenters. The summed E-state index contributed by atoms with van der Waals surface area (Å²) < 4.78 is 0. The van der Waals surface area contributed by atoms with Crippen molar-refractivity contribution in [3.63, 3.8) is 0 Å². The van der Waals surface area contributed by atoms with E-state index in [-0.39, 0.29) is 16.5 Å². The normalized spacial score (nSPS) is 11.8. The number of unbranched alkanes of at least 4 members (excludes halogenated alkanes) is 22. The van der Waals surface area contributed by atoms with Crippen LogP contribution < -0.4 is 0 Å². The Hall–Kier alpha value is -2.17. The number of hydrogen-bond acceptors (Lipinski definition) is 2. The molecule has 2 nitrogen and oxygen atoms in total. The molecular weight excluding hydrogens is 747 g/mol. The van der Waals surface area contributed by atoms with Crippen molar-refractivity contribution in [2.24, 2.45) is 9.98 Å². The molecule has 0 aromatic heterocycles. The van der Waals surface area contributed by atoms with Crippen LogP contribution in [0.5, 0.6) is 0 Å². The van der Waals surface area contributed by atoms with Gasteiger partial charge < -0.3 is 0 Å². The van der Waals surface area contributed by atoms with Gasteiger partial charge in [-0.25, -0.2) is 4.99 Å². The van der Waals surface area contributed by atoms with E-state index in [1.807, 2.05) is 0 Å². The van der Waals surface area contributed by atoms with E-state index < -0.39 is 0 Å². The molecular formula is C55H90N2Ni. The fraction of sp³-hybridized carbons (Fsp3) is 0.709. The molecule has 330 valence electrons. The van der Waals surface area contributed by atoms with E-state index in [1.54, 1.807) is 0 Å². The van der Waals surface area contributed by atoms with E-state index in [2.05, 4.69) is 89.8 Å². The molecule has 0 atom stereocenters. The Labute approximate surface area is 371 Å². The Kier molecular flexibility index (Phi) is 35.1. The summed E-state index contributed by atoms with van der Waals surface area (Å²) in [5, 5.41) is 0. The predicted octanol–water partition coefficient (Wildman–Crippen LogP) is 18.1. The van der Waals surface area contributed by atoms with Gasteiger partial charge in [-0.15, -0.1) is 0 Å². The van der Waals surface area contributed by atoms with E-state index >= 15 is 0 Å². The average molecular weight is 838 g/mol. The molecule has 2 rings (SSSR count). The van der Waals surface area contributed by atoms with Crippen molar-refractivity contribution in [2.75, 3.05) is 0 Å². The van der Waals surface area contributed by atoms with Crippen LogP contribution in [0.2, 0.25) is 0 Å². The van der Waals surface area contributed by atoms with Gasteiger partial charge in [-0.3, -0.25) is 4.99 Å². The van der Waals surface area contributed by atoms with Crippen LogP contribution in [0, 0.1) is 11.8 Å². The monoisotopic (exact) mass is 837 g/mol. The smallest absolute Gasteiger partial charge is 0.135 e. The maximum atomic E-state index is 5.41. The van der Waals surface area contributed by atoms with E-state index in [4.69, 9.17) is 9.98 Å². The van der Waals surface area contributed by atoms with Crippen molar-refractivity contribution in [1.82, 2.24) is 0 Å². The zero-order chi connectivity index (χ0) is 41.0. The predicted molar refractivity (Wildman–Crippen MR) is 258 cm³/mol. The molecule has 0 heterocycles. The molecule has 0 fully saturated rings. The molecule has 0 radical (unpaired) electrons. The largest absolute Gasteiger partial charge is 0.251 e. The fourth-order valence-electron chi connectivity index (χ4n) is 8.21. The van der Waals surface area contributed by atoms with Gasteiger partial charge in [0, 0.05) is 22.9 Å². The van der Waals surface area contributed by atoms with Crippen molar-refractivity contribution in [3.05, 3.63) is 58.7 Å². The zero-order valence-corrected chi connectivity index (χ0v) is 40.0. The molecule has 0 saturated carbocycles. The average Bonchev–Trinajstić information content (AvgIpc) is 3.21. The van der Waals surface area contributed by atoms with Crippen molar-refractivity contribution >= 4 is 22.8 Å². The second-order valence-corrected chi connectivity index (χ2v) is 17.2. The van der Waals surface area contributed by atoms with Gasteiger partial charge in [-0.05, 0) is 97.4 Å². The summed E-state index contributed by atoms with van der Waals surface area (Å²) in [5.41, 5.74) is 9.87. The molecule has 2 aromatic carbocycles. The molecule has 2 aromatic rings. The molecule has 0 aliphatic carbocycles. The van der Waals surface area contributed by atoms with Crippen LogP contribution >= 0.6 is 0 Å². The molecule has 58 heavy (non-hydrogen) atoms. The van der Waals surface area contributed by atoms with Crippen LogP contribution in [0.15, 0.2) is 46.4 Å². The SMILES string of the molecule is CCCCC#CC(=Nc1ccc(CCC)c(CCC)c1)C(CCCCCCCCCCCCCCCCCCCCCCC)=Nc1ccc(CCC)c(CCC)c1.[Ni]. The van der Waals surface area contributed by atoms with Crippen LogP contribution in [-0.2, 0) is 42.2 Å². The van der Waals surface area contributed by atoms with Crippen molar-refractivity contribution < 1.29 is 16.5 Å². The Bertz CT molecular complexity index is 1410. The van der Waals surface area contributed by atoms with Gasteiger partial charge in [-0.1, -0.05) is 220 Å². The third kappa shape index (κ3) is 25.5. The molecule has 0 aliphatic heterocycles. The van der Waals surface area contributed by atoms with Crippen LogP contribution in [0.25, 0.3) is 0 Å². The molecule has 0 spiro atoms. The van der Waals surface area contributed by atoms with Gasteiger partial charge in [0.05, 0.1) is 17.1 Å². The Morgan fingerprint density at radius 3 is 1.16 bits per heavy atom. The summed E-state index contributed by atoms with van der Waals surface area (Å²) in [5.74, 6) is 7.07. The molecule has 0 N–H and O–H groups in total. The summed E-state index contributed by atoms with van der Waals surface area (Å²) in [4.78, 5) is 10.7. The van der Waals surface area contributed by atoms with Gasteiger partial charge in [0.1, 0.15) is 5.71 Å². The van der Waals surface area contributed by atoms with Crippen LogP contribution in [0.4, 0.5) is 11.4 Å². The molecule has 0 bridgehead atoms. The first-order chi connectivity index (χ1) is 28.1. The van der Waals surface area contributed by atoms with Gasteiger partial charge in [0.2, 0.25) is 0 Å². The second kappa shape index (κ2) is 37.8. The number of nitrogens with zero attached hydrogens (tertiary/aromatic N) is 2. The van der Waals surface area contributed by atoms with Crippen LogP contribution in [0.3, 0.4) is 0 Å². The fourth-order valence-corrected chi connectivity index (χ4v) is 8.21. The van der Waals surface area contributed by atoms with Gasteiger partial charge in [0.25, 0.3) is 0 Å². The summed E-state index contributed by atoms with van der Waals surface area (Å²) in [6.45, 7) is 13.7. The second-order valence-electron chi connectivity index (χ2n) is 17.2. The molecule has 0 amide bonds. The number of rotatable bonds is 35. The number of aliphatic imine (C=N–C) groups is 2. The van der Waals surface area contributed by atoms with Crippen molar-refractivity contribution in [3.8, 4) is 11.8 Å².